The number of methoxy groups -OCH3 is 1. The van der Waals surface area contributed by atoms with Crippen LogP contribution in [0.25, 0.3) is 0 Å². The Bertz CT molecular complexity index is 939. The maximum atomic E-state index is 13.1. The quantitative estimate of drug-likeness (QED) is 0.599. The van der Waals surface area contributed by atoms with Gasteiger partial charge in [-0.15, -0.1) is 11.3 Å². The van der Waals surface area contributed by atoms with Gasteiger partial charge in [0, 0.05) is 35.8 Å². The molecule has 0 atom stereocenters. The number of rotatable bonds is 7. The van der Waals surface area contributed by atoms with Gasteiger partial charge in [-0.2, -0.15) is 0 Å². The average Bonchev–Trinajstić information content (AvgIpc) is 3.38. The molecular formula is C23H24N2O2S. The molecule has 0 N–H and O–H groups in total. The Morgan fingerprint density at radius 2 is 1.89 bits per heavy atom. The van der Waals surface area contributed by atoms with E-state index in [1.807, 2.05) is 41.3 Å². The van der Waals surface area contributed by atoms with Crippen LogP contribution in [0, 0.1) is 0 Å². The number of hydrogen-bond acceptors (Lipinski definition) is 4. The molecule has 3 aromatic rings. The summed E-state index contributed by atoms with van der Waals surface area (Å²) in [6.07, 6.45) is 0.930. The summed E-state index contributed by atoms with van der Waals surface area (Å²) < 4.78 is 5.51. The van der Waals surface area contributed by atoms with Gasteiger partial charge >= 0.3 is 0 Å². The largest absolute Gasteiger partial charge is 0.496 e. The summed E-state index contributed by atoms with van der Waals surface area (Å²) in [7, 11) is 1.69. The van der Waals surface area contributed by atoms with Crippen LogP contribution in [0.4, 0.5) is 5.69 Å². The molecule has 4 nitrogen and oxygen atoms in total. The second kappa shape index (κ2) is 8.59. The molecule has 1 aliphatic heterocycles. The molecule has 4 rings (SSSR count). The maximum absolute atomic E-state index is 13.1. The minimum Gasteiger partial charge on any atom is -0.496 e. The zero-order valence-electron chi connectivity index (χ0n) is 16.0. The fourth-order valence-electron chi connectivity index (χ4n) is 3.74. The molecule has 0 aliphatic carbocycles. The van der Waals surface area contributed by atoms with Crippen LogP contribution in [0.3, 0.4) is 0 Å². The summed E-state index contributed by atoms with van der Waals surface area (Å²) in [4.78, 5) is 18.5. The van der Waals surface area contributed by atoms with Crippen LogP contribution in [0.2, 0.25) is 0 Å². The lowest BCUT2D eigenvalue weighted by molar-refractivity contribution is -0.119. The van der Waals surface area contributed by atoms with Gasteiger partial charge in [-0.3, -0.25) is 9.69 Å². The van der Waals surface area contributed by atoms with E-state index in [0.29, 0.717) is 13.1 Å². The first kappa shape index (κ1) is 18.7. The molecule has 5 heteroatoms. The van der Waals surface area contributed by atoms with Crippen LogP contribution in [0.1, 0.15) is 16.0 Å². The smallest absolute Gasteiger partial charge is 0.241 e. The molecular weight excluding hydrogens is 368 g/mol. The van der Waals surface area contributed by atoms with Crippen molar-refractivity contribution < 1.29 is 9.53 Å². The summed E-state index contributed by atoms with van der Waals surface area (Å²) >= 11 is 1.72. The van der Waals surface area contributed by atoms with Gasteiger partial charge in [-0.25, -0.2) is 0 Å². The highest BCUT2D eigenvalue weighted by atomic mass is 32.1. The molecule has 144 valence electrons. The Balaban J connectivity index is 1.53. The summed E-state index contributed by atoms with van der Waals surface area (Å²) in [6.45, 7) is 2.56. The Morgan fingerprint density at radius 1 is 1.07 bits per heavy atom. The van der Waals surface area contributed by atoms with Gasteiger partial charge in [-0.1, -0.05) is 42.5 Å². The van der Waals surface area contributed by atoms with Crippen molar-refractivity contribution in [3.8, 4) is 5.75 Å². The van der Waals surface area contributed by atoms with Gasteiger partial charge in [0.1, 0.15) is 5.75 Å². The van der Waals surface area contributed by atoms with E-state index in [0.717, 1.165) is 36.5 Å². The van der Waals surface area contributed by atoms with Crippen LogP contribution in [0.5, 0.6) is 5.75 Å². The first-order valence-corrected chi connectivity index (χ1v) is 10.4. The molecule has 0 spiro atoms. The van der Waals surface area contributed by atoms with E-state index in [4.69, 9.17) is 4.74 Å². The van der Waals surface area contributed by atoms with Crippen molar-refractivity contribution in [2.75, 3.05) is 25.1 Å². The van der Waals surface area contributed by atoms with Crippen LogP contribution < -0.4 is 9.64 Å². The summed E-state index contributed by atoms with van der Waals surface area (Å²) in [5.41, 5.74) is 3.41. The monoisotopic (exact) mass is 392 g/mol. The molecule has 0 saturated heterocycles. The highest BCUT2D eigenvalue weighted by Crippen LogP contribution is 2.28. The second-order valence-electron chi connectivity index (χ2n) is 6.96. The lowest BCUT2D eigenvalue weighted by atomic mass is 10.1. The van der Waals surface area contributed by atoms with E-state index in [1.165, 1.54) is 10.4 Å². The predicted molar refractivity (Wildman–Crippen MR) is 114 cm³/mol. The zero-order valence-corrected chi connectivity index (χ0v) is 16.8. The Morgan fingerprint density at radius 3 is 2.71 bits per heavy atom. The van der Waals surface area contributed by atoms with Crippen molar-refractivity contribution in [1.82, 2.24) is 4.90 Å². The van der Waals surface area contributed by atoms with Crippen LogP contribution in [-0.2, 0) is 24.3 Å². The van der Waals surface area contributed by atoms with Crippen molar-refractivity contribution in [2.45, 2.75) is 19.5 Å². The van der Waals surface area contributed by atoms with E-state index in [-0.39, 0.29) is 5.91 Å². The number of nitrogens with zero attached hydrogens (tertiary/aromatic N) is 2. The van der Waals surface area contributed by atoms with Gasteiger partial charge in [0.05, 0.1) is 13.7 Å². The van der Waals surface area contributed by atoms with E-state index in [1.54, 1.807) is 18.4 Å². The normalized spacial score (nSPS) is 13.0. The number of carbonyl (C=O) groups is 1. The van der Waals surface area contributed by atoms with Crippen LogP contribution in [-0.4, -0.2) is 31.0 Å². The number of carbonyl (C=O) groups excluding carboxylic acids is 1. The van der Waals surface area contributed by atoms with E-state index in [2.05, 4.69) is 34.5 Å². The minimum atomic E-state index is 0.149. The molecule has 0 fully saturated rings. The fraction of sp³-hybridized carbons (Fsp3) is 0.261. The summed E-state index contributed by atoms with van der Waals surface area (Å²) in [5.74, 6) is 1.01. The molecule has 0 unspecified atom stereocenters. The van der Waals surface area contributed by atoms with Gasteiger partial charge in [-0.05, 0) is 35.6 Å². The van der Waals surface area contributed by atoms with Crippen LogP contribution >= 0.6 is 11.3 Å². The Kier molecular flexibility index (Phi) is 5.74. The molecule has 0 radical (unpaired) electrons. The molecule has 1 aromatic heterocycles. The number of anilines is 1. The molecule has 2 aromatic carbocycles. The third-order valence-electron chi connectivity index (χ3n) is 5.09. The molecule has 1 aliphatic rings. The second-order valence-corrected chi connectivity index (χ2v) is 7.99. The zero-order chi connectivity index (χ0) is 19.3. The molecule has 2 heterocycles. The van der Waals surface area contributed by atoms with Gasteiger partial charge in [0.15, 0.2) is 0 Å². The highest BCUT2D eigenvalue weighted by molar-refractivity contribution is 7.09. The number of fused-ring (bicyclic) bond motifs is 1. The molecule has 0 bridgehead atoms. The predicted octanol–water partition coefficient (Wildman–Crippen LogP) is 4.35. The van der Waals surface area contributed by atoms with Gasteiger partial charge < -0.3 is 9.64 Å². The number of thiophene rings is 1. The first-order chi connectivity index (χ1) is 13.7. The van der Waals surface area contributed by atoms with Gasteiger partial charge in [0.2, 0.25) is 5.91 Å². The highest BCUT2D eigenvalue weighted by Gasteiger charge is 2.26. The average molecular weight is 393 g/mol. The van der Waals surface area contributed by atoms with Crippen molar-refractivity contribution >= 4 is 22.9 Å². The Labute approximate surface area is 170 Å². The fourth-order valence-corrected chi connectivity index (χ4v) is 4.49. The number of amides is 1. The molecule has 0 saturated carbocycles. The van der Waals surface area contributed by atoms with Gasteiger partial charge in [0.25, 0.3) is 0 Å². The SMILES string of the molecule is COc1ccccc1CN(CC(=O)N1CCc2ccccc21)Cc1cccs1. The van der Waals surface area contributed by atoms with Crippen LogP contribution in [0.15, 0.2) is 66.0 Å². The van der Waals surface area contributed by atoms with Crippen molar-refractivity contribution in [3.63, 3.8) is 0 Å². The first-order valence-electron chi connectivity index (χ1n) is 9.49. The summed E-state index contributed by atoms with van der Waals surface area (Å²) in [5, 5.41) is 2.08. The van der Waals surface area contributed by atoms with Crippen molar-refractivity contribution in [3.05, 3.63) is 82.0 Å². The van der Waals surface area contributed by atoms with Crippen molar-refractivity contribution in [1.29, 1.82) is 0 Å². The third kappa shape index (κ3) is 4.11. The van der Waals surface area contributed by atoms with Crippen molar-refractivity contribution in [2.24, 2.45) is 0 Å². The number of hydrogen-bond donors (Lipinski definition) is 0. The maximum Gasteiger partial charge on any atom is 0.241 e. The Hall–Kier alpha value is -2.63. The summed E-state index contributed by atoms with van der Waals surface area (Å²) in [6, 6.07) is 20.4. The number of ether oxygens (including phenoxy) is 1. The topological polar surface area (TPSA) is 32.8 Å². The lowest BCUT2D eigenvalue weighted by Gasteiger charge is -2.25. The number of para-hydroxylation sites is 2. The third-order valence-corrected chi connectivity index (χ3v) is 5.95. The lowest BCUT2D eigenvalue weighted by Crippen LogP contribution is -2.39. The standard InChI is InChI=1S/C23H24N2O2S/c1-27-22-11-5-3-8-19(22)15-24(16-20-9-6-14-28-20)17-23(26)25-13-12-18-7-2-4-10-21(18)25/h2-11,14H,12-13,15-17H2,1H3. The van der Waals surface area contributed by atoms with E-state index >= 15 is 0 Å². The molecule has 28 heavy (non-hydrogen) atoms. The van der Waals surface area contributed by atoms with E-state index in [9.17, 15) is 4.79 Å². The van der Waals surface area contributed by atoms with E-state index < -0.39 is 0 Å². The molecule has 1 amide bonds. The minimum absolute atomic E-state index is 0.149. The number of benzene rings is 2.